The average molecular weight is 131 g/mol. The van der Waals surface area contributed by atoms with Crippen molar-refractivity contribution in [1.82, 2.24) is 5.15 Å². The predicted octanol–water partition coefficient (Wildman–Crippen LogP) is 0.194. The van der Waals surface area contributed by atoms with Crippen molar-refractivity contribution in [2.75, 3.05) is 6.61 Å². The van der Waals surface area contributed by atoms with Gasteiger partial charge in [0, 0.05) is 0 Å². The molecule has 48 valence electrons. The van der Waals surface area contributed by atoms with Crippen molar-refractivity contribution in [3.63, 3.8) is 0 Å². The average Bonchev–Trinajstić information content (AvgIpc) is 1.62. The number of rotatable bonds is 0. The second kappa shape index (κ2) is 4.06. The molecule has 1 aliphatic rings. The van der Waals surface area contributed by atoms with Gasteiger partial charge in [0.15, 0.2) is 0 Å². The van der Waals surface area contributed by atoms with E-state index in [2.05, 4.69) is 5.15 Å². The standard InChI is InChI=1S/C5H13NOSi/c1-2-4-7-6-8-5-3-1/h6H,1-5,8H2. The van der Waals surface area contributed by atoms with E-state index in [0.717, 1.165) is 6.61 Å². The van der Waals surface area contributed by atoms with Gasteiger partial charge in [0.25, 0.3) is 0 Å². The largest absolute Gasteiger partial charge is 0.310 e. The normalized spacial score (nSPS) is 27.0. The summed E-state index contributed by atoms with van der Waals surface area (Å²) in [5.41, 5.74) is 0. The summed E-state index contributed by atoms with van der Waals surface area (Å²) in [5.74, 6) is 0. The van der Waals surface area contributed by atoms with Gasteiger partial charge in [0.2, 0.25) is 0 Å². The topological polar surface area (TPSA) is 21.3 Å². The van der Waals surface area contributed by atoms with Crippen LogP contribution in [0.1, 0.15) is 19.3 Å². The molecule has 1 aliphatic heterocycles. The van der Waals surface area contributed by atoms with Crippen LogP contribution in [-0.4, -0.2) is 16.3 Å². The minimum atomic E-state index is -0.0207. The highest BCUT2D eigenvalue weighted by atomic mass is 28.2. The Balaban J connectivity index is 2.00. The molecular formula is C5H13NOSi. The van der Waals surface area contributed by atoms with Gasteiger partial charge in [0.1, 0.15) is 9.68 Å². The Kier molecular flexibility index (Phi) is 3.18. The minimum Gasteiger partial charge on any atom is -0.310 e. The fourth-order valence-corrected chi connectivity index (χ4v) is 1.91. The lowest BCUT2D eigenvalue weighted by Crippen LogP contribution is -2.21. The maximum Gasteiger partial charge on any atom is 0.125 e. The molecule has 0 bridgehead atoms. The highest BCUT2D eigenvalue weighted by Crippen LogP contribution is 2.00. The quantitative estimate of drug-likeness (QED) is 0.474. The lowest BCUT2D eigenvalue weighted by molar-refractivity contribution is 0.0858. The van der Waals surface area contributed by atoms with Crippen molar-refractivity contribution in [3.05, 3.63) is 0 Å². The molecule has 1 rings (SSSR count). The van der Waals surface area contributed by atoms with E-state index >= 15 is 0 Å². The second-order valence-electron chi connectivity index (χ2n) is 2.16. The molecule has 2 nitrogen and oxygen atoms in total. The molecular weight excluding hydrogens is 118 g/mol. The summed E-state index contributed by atoms with van der Waals surface area (Å²) in [6.45, 7) is 0.924. The van der Waals surface area contributed by atoms with Crippen LogP contribution < -0.4 is 5.15 Å². The Morgan fingerprint density at radius 1 is 1.25 bits per heavy atom. The predicted molar refractivity (Wildman–Crippen MR) is 36.3 cm³/mol. The molecule has 0 atom stereocenters. The van der Waals surface area contributed by atoms with E-state index < -0.39 is 0 Å². The van der Waals surface area contributed by atoms with Gasteiger partial charge in [-0.15, -0.1) is 0 Å². The number of hydrogen-bond acceptors (Lipinski definition) is 2. The van der Waals surface area contributed by atoms with Crippen molar-refractivity contribution in [3.8, 4) is 0 Å². The van der Waals surface area contributed by atoms with E-state index in [4.69, 9.17) is 4.84 Å². The molecule has 0 radical (unpaired) electrons. The molecule has 0 unspecified atom stereocenters. The fraction of sp³-hybridized carbons (Fsp3) is 1.00. The van der Waals surface area contributed by atoms with Crippen LogP contribution >= 0.6 is 0 Å². The first-order valence-corrected chi connectivity index (χ1v) is 5.05. The minimum absolute atomic E-state index is 0.0207. The van der Waals surface area contributed by atoms with Crippen LogP contribution in [0, 0.1) is 0 Å². The van der Waals surface area contributed by atoms with Crippen LogP contribution in [0.5, 0.6) is 0 Å². The summed E-state index contributed by atoms with van der Waals surface area (Å²) >= 11 is 0. The maximum atomic E-state index is 5.09. The summed E-state index contributed by atoms with van der Waals surface area (Å²) in [5, 5.41) is 3.03. The van der Waals surface area contributed by atoms with Gasteiger partial charge < -0.3 is 4.84 Å². The maximum absolute atomic E-state index is 5.09. The molecule has 1 N–H and O–H groups in total. The smallest absolute Gasteiger partial charge is 0.125 e. The van der Waals surface area contributed by atoms with Gasteiger partial charge >= 0.3 is 0 Å². The van der Waals surface area contributed by atoms with Gasteiger partial charge in [-0.05, 0) is 12.5 Å². The molecule has 0 aromatic carbocycles. The van der Waals surface area contributed by atoms with E-state index in [1.807, 2.05) is 0 Å². The summed E-state index contributed by atoms with van der Waals surface area (Å²) < 4.78 is 0. The summed E-state index contributed by atoms with van der Waals surface area (Å²) in [6, 6.07) is 1.40. The van der Waals surface area contributed by atoms with Crippen LogP contribution in [0.15, 0.2) is 0 Å². The van der Waals surface area contributed by atoms with Crippen molar-refractivity contribution in [1.29, 1.82) is 0 Å². The van der Waals surface area contributed by atoms with Crippen LogP contribution in [0.25, 0.3) is 0 Å². The third-order valence-corrected chi connectivity index (χ3v) is 2.64. The number of hydrogen-bond donors (Lipinski definition) is 1. The molecule has 0 aliphatic carbocycles. The molecule has 1 heterocycles. The van der Waals surface area contributed by atoms with Crippen LogP contribution in [0.4, 0.5) is 0 Å². The van der Waals surface area contributed by atoms with Gasteiger partial charge in [-0.3, -0.25) is 0 Å². The zero-order valence-corrected chi connectivity index (χ0v) is 6.57. The Hall–Kier alpha value is 0.137. The lowest BCUT2D eigenvalue weighted by Gasteiger charge is -2.08. The monoisotopic (exact) mass is 131 g/mol. The van der Waals surface area contributed by atoms with E-state index in [9.17, 15) is 0 Å². The fourth-order valence-electron chi connectivity index (χ4n) is 0.869. The molecule has 0 spiro atoms. The molecule has 1 saturated heterocycles. The van der Waals surface area contributed by atoms with Crippen LogP contribution in [-0.2, 0) is 4.84 Å². The Bertz CT molecular complexity index is 36.4. The summed E-state index contributed by atoms with van der Waals surface area (Å²) in [6.07, 6.45) is 4.03. The van der Waals surface area contributed by atoms with E-state index in [1.165, 1.54) is 25.3 Å². The Morgan fingerprint density at radius 3 is 3.25 bits per heavy atom. The van der Waals surface area contributed by atoms with Crippen molar-refractivity contribution >= 4 is 9.68 Å². The van der Waals surface area contributed by atoms with E-state index in [0.29, 0.717) is 0 Å². The first-order valence-electron chi connectivity index (χ1n) is 3.35. The third-order valence-electron chi connectivity index (χ3n) is 1.38. The van der Waals surface area contributed by atoms with Crippen LogP contribution in [0.3, 0.4) is 0 Å². The molecule has 8 heavy (non-hydrogen) atoms. The van der Waals surface area contributed by atoms with Gasteiger partial charge in [-0.1, -0.05) is 12.8 Å². The van der Waals surface area contributed by atoms with E-state index in [1.54, 1.807) is 0 Å². The highest BCUT2D eigenvalue weighted by Gasteiger charge is 1.95. The van der Waals surface area contributed by atoms with E-state index in [-0.39, 0.29) is 9.68 Å². The van der Waals surface area contributed by atoms with Gasteiger partial charge in [-0.25, -0.2) is 5.15 Å². The summed E-state index contributed by atoms with van der Waals surface area (Å²) in [4.78, 5) is 5.09. The molecule has 3 heteroatoms. The lowest BCUT2D eigenvalue weighted by atomic mass is 10.3. The Morgan fingerprint density at radius 2 is 2.25 bits per heavy atom. The molecule has 0 saturated carbocycles. The molecule has 0 amide bonds. The Labute approximate surface area is 52.5 Å². The number of nitrogens with one attached hydrogen (secondary N) is 1. The van der Waals surface area contributed by atoms with Crippen LogP contribution in [0.2, 0.25) is 6.04 Å². The zero-order valence-electron chi connectivity index (χ0n) is 5.15. The first kappa shape index (κ1) is 6.26. The first-order chi connectivity index (χ1) is 4.00. The zero-order chi connectivity index (χ0) is 5.66. The van der Waals surface area contributed by atoms with Crippen molar-refractivity contribution in [2.45, 2.75) is 25.3 Å². The van der Waals surface area contributed by atoms with Crippen molar-refractivity contribution < 1.29 is 4.84 Å². The van der Waals surface area contributed by atoms with Gasteiger partial charge in [0.05, 0.1) is 6.61 Å². The molecule has 0 aromatic heterocycles. The van der Waals surface area contributed by atoms with Crippen molar-refractivity contribution in [2.24, 2.45) is 0 Å². The SMILES string of the molecule is C1CCON[SiH2]CC1. The molecule has 0 aromatic rings. The summed E-state index contributed by atoms with van der Waals surface area (Å²) in [7, 11) is -0.0207. The second-order valence-corrected chi connectivity index (χ2v) is 3.65. The third kappa shape index (κ3) is 2.45. The highest BCUT2D eigenvalue weighted by molar-refractivity contribution is 6.31. The van der Waals surface area contributed by atoms with Gasteiger partial charge in [-0.2, -0.15) is 0 Å². The molecule has 1 fully saturated rings.